The summed E-state index contributed by atoms with van der Waals surface area (Å²) in [6, 6.07) is 7.39. The fraction of sp³-hybridized carbons (Fsp3) is 0.600. The van der Waals surface area contributed by atoms with Gasteiger partial charge in [-0.05, 0) is 62.9 Å². The molecule has 1 N–H and O–H groups in total. The van der Waals surface area contributed by atoms with Crippen LogP contribution in [0.1, 0.15) is 49.4 Å². The van der Waals surface area contributed by atoms with E-state index in [9.17, 15) is 9.59 Å². The SMILES string of the molecule is C[C@@H]1CCCN(CCCNC(=O)c2cccc(N3CCCC3=O)c2)C1. The summed E-state index contributed by atoms with van der Waals surface area (Å²) in [5.74, 6) is 0.883. The Bertz CT molecular complexity index is 617. The predicted octanol–water partition coefficient (Wildman–Crippen LogP) is 2.67. The molecular weight excluding hydrogens is 314 g/mol. The van der Waals surface area contributed by atoms with Crippen LogP contribution in [-0.4, -0.2) is 49.4 Å². The summed E-state index contributed by atoms with van der Waals surface area (Å²) in [5, 5.41) is 3.01. The van der Waals surface area contributed by atoms with Gasteiger partial charge in [-0.15, -0.1) is 0 Å². The molecule has 5 nitrogen and oxygen atoms in total. The highest BCUT2D eigenvalue weighted by molar-refractivity contribution is 5.99. The van der Waals surface area contributed by atoms with E-state index in [0.717, 1.165) is 37.5 Å². The van der Waals surface area contributed by atoms with Gasteiger partial charge in [0.05, 0.1) is 0 Å². The normalized spacial score (nSPS) is 21.6. The molecule has 136 valence electrons. The number of likely N-dealkylation sites (tertiary alicyclic amines) is 1. The molecule has 0 unspecified atom stereocenters. The number of benzene rings is 1. The molecule has 1 atom stereocenters. The van der Waals surface area contributed by atoms with Gasteiger partial charge in [-0.1, -0.05) is 13.0 Å². The summed E-state index contributed by atoms with van der Waals surface area (Å²) in [4.78, 5) is 28.5. The topological polar surface area (TPSA) is 52.7 Å². The van der Waals surface area contributed by atoms with Crippen molar-refractivity contribution in [3.8, 4) is 0 Å². The molecule has 0 aromatic heterocycles. The summed E-state index contributed by atoms with van der Waals surface area (Å²) in [5.41, 5.74) is 1.46. The lowest BCUT2D eigenvalue weighted by Crippen LogP contribution is -2.36. The lowest BCUT2D eigenvalue weighted by Gasteiger charge is -2.30. The van der Waals surface area contributed by atoms with E-state index in [2.05, 4.69) is 17.1 Å². The number of nitrogens with one attached hydrogen (secondary N) is 1. The molecule has 5 heteroatoms. The largest absolute Gasteiger partial charge is 0.352 e. The van der Waals surface area contributed by atoms with E-state index in [1.165, 1.54) is 25.9 Å². The number of rotatable bonds is 6. The number of carbonyl (C=O) groups excluding carboxylic acids is 2. The number of amides is 2. The van der Waals surface area contributed by atoms with Gasteiger partial charge in [0, 0.05) is 37.3 Å². The Morgan fingerprint density at radius 1 is 1.28 bits per heavy atom. The molecule has 2 aliphatic heterocycles. The molecule has 2 heterocycles. The molecule has 2 aliphatic rings. The molecule has 3 rings (SSSR count). The first kappa shape index (κ1) is 17.9. The molecule has 1 aromatic carbocycles. The third-order valence-electron chi connectivity index (χ3n) is 5.17. The monoisotopic (exact) mass is 343 g/mol. The van der Waals surface area contributed by atoms with Crippen LogP contribution in [-0.2, 0) is 4.79 Å². The fourth-order valence-electron chi connectivity index (χ4n) is 3.83. The molecule has 0 bridgehead atoms. The highest BCUT2D eigenvalue weighted by Gasteiger charge is 2.22. The molecule has 25 heavy (non-hydrogen) atoms. The molecule has 2 saturated heterocycles. The van der Waals surface area contributed by atoms with E-state index in [1.54, 1.807) is 4.90 Å². The quantitative estimate of drug-likeness (QED) is 0.808. The molecule has 2 amide bonds. The van der Waals surface area contributed by atoms with Crippen molar-refractivity contribution < 1.29 is 9.59 Å². The Labute approximate surface area is 150 Å². The maximum absolute atomic E-state index is 12.4. The number of nitrogens with zero attached hydrogens (tertiary/aromatic N) is 2. The van der Waals surface area contributed by atoms with Gasteiger partial charge >= 0.3 is 0 Å². The molecule has 0 radical (unpaired) electrons. The number of hydrogen-bond donors (Lipinski definition) is 1. The first-order valence-corrected chi connectivity index (χ1v) is 9.54. The second-order valence-corrected chi connectivity index (χ2v) is 7.36. The predicted molar refractivity (Wildman–Crippen MR) is 99.8 cm³/mol. The number of carbonyl (C=O) groups is 2. The van der Waals surface area contributed by atoms with Crippen LogP contribution in [0.4, 0.5) is 5.69 Å². The maximum atomic E-state index is 12.4. The summed E-state index contributed by atoms with van der Waals surface area (Å²) in [6.45, 7) is 7.16. The van der Waals surface area contributed by atoms with Crippen LogP contribution in [0.2, 0.25) is 0 Å². The number of piperidine rings is 1. The van der Waals surface area contributed by atoms with Crippen molar-refractivity contribution >= 4 is 17.5 Å². The Morgan fingerprint density at radius 2 is 2.16 bits per heavy atom. The van der Waals surface area contributed by atoms with E-state index >= 15 is 0 Å². The molecule has 1 aromatic rings. The van der Waals surface area contributed by atoms with Gasteiger partial charge in [0.2, 0.25) is 5.91 Å². The standard InChI is InChI=1S/C20H29N3O2/c1-16-6-3-11-22(15-16)12-5-10-21-20(25)17-7-2-8-18(14-17)23-13-4-9-19(23)24/h2,7-8,14,16H,3-6,9-13,15H2,1H3,(H,21,25)/t16-/m1/s1. The molecule has 0 aliphatic carbocycles. The van der Waals surface area contributed by atoms with Crippen LogP contribution in [0.15, 0.2) is 24.3 Å². The summed E-state index contributed by atoms with van der Waals surface area (Å²) in [6.07, 6.45) is 5.09. The van der Waals surface area contributed by atoms with Crippen LogP contribution in [0.5, 0.6) is 0 Å². The summed E-state index contributed by atoms with van der Waals surface area (Å²) < 4.78 is 0. The second kappa shape index (κ2) is 8.48. The van der Waals surface area contributed by atoms with E-state index in [1.807, 2.05) is 24.3 Å². The van der Waals surface area contributed by atoms with Crippen LogP contribution in [0.25, 0.3) is 0 Å². The molecule has 0 saturated carbocycles. The Kier molecular flexibility index (Phi) is 6.08. The zero-order valence-electron chi connectivity index (χ0n) is 15.2. The fourth-order valence-corrected chi connectivity index (χ4v) is 3.83. The van der Waals surface area contributed by atoms with E-state index in [0.29, 0.717) is 18.5 Å². The van der Waals surface area contributed by atoms with Crippen molar-refractivity contribution in [1.29, 1.82) is 0 Å². The summed E-state index contributed by atoms with van der Waals surface area (Å²) >= 11 is 0. The smallest absolute Gasteiger partial charge is 0.251 e. The third kappa shape index (κ3) is 4.82. The lowest BCUT2D eigenvalue weighted by molar-refractivity contribution is -0.117. The highest BCUT2D eigenvalue weighted by atomic mass is 16.2. The van der Waals surface area contributed by atoms with Crippen molar-refractivity contribution in [1.82, 2.24) is 10.2 Å². The molecular formula is C20H29N3O2. The van der Waals surface area contributed by atoms with Crippen LogP contribution in [0, 0.1) is 5.92 Å². The van der Waals surface area contributed by atoms with E-state index < -0.39 is 0 Å². The van der Waals surface area contributed by atoms with Gasteiger partial charge < -0.3 is 15.1 Å². The van der Waals surface area contributed by atoms with Crippen molar-refractivity contribution in [2.45, 2.75) is 39.0 Å². The van der Waals surface area contributed by atoms with Crippen LogP contribution < -0.4 is 10.2 Å². The lowest BCUT2D eigenvalue weighted by atomic mass is 10.0. The van der Waals surface area contributed by atoms with Crippen molar-refractivity contribution in [2.24, 2.45) is 5.92 Å². The van der Waals surface area contributed by atoms with Crippen molar-refractivity contribution in [3.05, 3.63) is 29.8 Å². The summed E-state index contributed by atoms with van der Waals surface area (Å²) in [7, 11) is 0. The first-order chi connectivity index (χ1) is 12.1. The molecule has 2 fully saturated rings. The Hall–Kier alpha value is -1.88. The second-order valence-electron chi connectivity index (χ2n) is 7.36. The Balaban J connectivity index is 1.46. The van der Waals surface area contributed by atoms with Gasteiger partial charge in [-0.25, -0.2) is 0 Å². The van der Waals surface area contributed by atoms with Gasteiger partial charge in [0.25, 0.3) is 5.91 Å². The minimum absolute atomic E-state index is 0.0551. The maximum Gasteiger partial charge on any atom is 0.251 e. The zero-order chi connectivity index (χ0) is 17.6. The minimum atomic E-state index is -0.0551. The van der Waals surface area contributed by atoms with Crippen LogP contribution >= 0.6 is 0 Å². The van der Waals surface area contributed by atoms with E-state index in [-0.39, 0.29) is 11.8 Å². The molecule has 0 spiro atoms. The van der Waals surface area contributed by atoms with Crippen molar-refractivity contribution in [2.75, 3.05) is 37.6 Å². The number of anilines is 1. The first-order valence-electron chi connectivity index (χ1n) is 9.54. The van der Waals surface area contributed by atoms with Gasteiger partial charge in [0.15, 0.2) is 0 Å². The zero-order valence-corrected chi connectivity index (χ0v) is 15.2. The average Bonchev–Trinajstić information content (AvgIpc) is 3.05. The highest BCUT2D eigenvalue weighted by Crippen LogP contribution is 2.22. The van der Waals surface area contributed by atoms with Gasteiger partial charge in [-0.3, -0.25) is 9.59 Å². The van der Waals surface area contributed by atoms with Crippen molar-refractivity contribution in [3.63, 3.8) is 0 Å². The van der Waals surface area contributed by atoms with Gasteiger partial charge in [0.1, 0.15) is 0 Å². The number of hydrogen-bond acceptors (Lipinski definition) is 3. The average molecular weight is 343 g/mol. The third-order valence-corrected chi connectivity index (χ3v) is 5.17. The van der Waals surface area contributed by atoms with Crippen LogP contribution in [0.3, 0.4) is 0 Å². The van der Waals surface area contributed by atoms with Gasteiger partial charge in [-0.2, -0.15) is 0 Å². The minimum Gasteiger partial charge on any atom is -0.352 e. The van der Waals surface area contributed by atoms with E-state index in [4.69, 9.17) is 0 Å². The Morgan fingerprint density at radius 3 is 2.92 bits per heavy atom.